The second-order valence-corrected chi connectivity index (χ2v) is 6.83. The Hall–Kier alpha value is -3.11. The minimum Gasteiger partial charge on any atom is -0.481 e. The molecule has 2 N–H and O–H groups in total. The molecule has 0 saturated carbocycles. The predicted molar refractivity (Wildman–Crippen MR) is 101 cm³/mol. The summed E-state index contributed by atoms with van der Waals surface area (Å²) < 4.78 is 10.3. The maximum atomic E-state index is 12.6. The summed E-state index contributed by atoms with van der Waals surface area (Å²) in [6.07, 6.45) is 2.86. The van der Waals surface area contributed by atoms with Crippen LogP contribution >= 0.6 is 24.0 Å². The molecular weight excluding hydrogens is 392 g/mol. The number of ether oxygens (including phenoxy) is 1. The highest BCUT2D eigenvalue weighted by molar-refractivity contribution is 8.26. The van der Waals surface area contributed by atoms with Crippen molar-refractivity contribution in [1.82, 2.24) is 10.4 Å². The van der Waals surface area contributed by atoms with Gasteiger partial charge in [-0.2, -0.15) is 5.01 Å². The van der Waals surface area contributed by atoms with Crippen LogP contribution in [0.5, 0.6) is 5.75 Å². The fourth-order valence-electron chi connectivity index (χ4n) is 2.14. The number of nitrogens with zero attached hydrogens (tertiary/aromatic N) is 1. The SMILES string of the molecule is O=C(O)COc1ccccc1C=C1SC(=S)N(NC(=O)c2ccco2)C1=O. The van der Waals surface area contributed by atoms with Gasteiger partial charge in [0.05, 0.1) is 11.2 Å². The number of carbonyl (C=O) groups excluding carboxylic acids is 2. The summed E-state index contributed by atoms with van der Waals surface area (Å²) in [5.41, 5.74) is 2.90. The molecule has 1 aromatic heterocycles. The standard InChI is InChI=1S/C17H12N2O6S2/c20-14(21)9-25-11-5-2-1-4-10(11)8-13-16(23)19(17(26)27-13)18-15(22)12-6-3-7-24-12/h1-8H,9H2,(H,18,22)(H,20,21). The molecule has 2 heterocycles. The number of benzene rings is 1. The van der Waals surface area contributed by atoms with Gasteiger partial charge in [-0.25, -0.2) is 4.79 Å². The first-order chi connectivity index (χ1) is 13.0. The van der Waals surface area contributed by atoms with E-state index in [4.69, 9.17) is 26.5 Å². The summed E-state index contributed by atoms with van der Waals surface area (Å²) in [7, 11) is 0. The van der Waals surface area contributed by atoms with Crippen molar-refractivity contribution in [3.8, 4) is 5.75 Å². The average molecular weight is 404 g/mol. The largest absolute Gasteiger partial charge is 0.481 e. The van der Waals surface area contributed by atoms with E-state index in [9.17, 15) is 14.4 Å². The smallest absolute Gasteiger partial charge is 0.341 e. The van der Waals surface area contributed by atoms with Gasteiger partial charge in [-0.05, 0) is 36.5 Å². The lowest BCUT2D eigenvalue weighted by Crippen LogP contribution is -2.44. The number of carboxylic acid groups (broad SMARTS) is 1. The summed E-state index contributed by atoms with van der Waals surface area (Å²) in [6, 6.07) is 9.67. The minimum absolute atomic E-state index is 0.0421. The molecule has 3 rings (SSSR count). The van der Waals surface area contributed by atoms with E-state index in [1.54, 1.807) is 30.3 Å². The van der Waals surface area contributed by atoms with E-state index >= 15 is 0 Å². The number of para-hydroxylation sites is 1. The first-order valence-electron chi connectivity index (χ1n) is 7.52. The Kier molecular flexibility index (Phi) is 5.57. The number of furan rings is 1. The van der Waals surface area contributed by atoms with Crippen molar-refractivity contribution in [3.63, 3.8) is 0 Å². The van der Waals surface area contributed by atoms with Crippen LogP contribution in [0, 0.1) is 0 Å². The molecule has 1 aromatic carbocycles. The summed E-state index contributed by atoms with van der Waals surface area (Å²) in [4.78, 5) is 35.6. The van der Waals surface area contributed by atoms with Crippen LogP contribution < -0.4 is 10.2 Å². The molecule has 0 spiro atoms. The van der Waals surface area contributed by atoms with Gasteiger partial charge in [0.25, 0.3) is 5.91 Å². The third-order valence-electron chi connectivity index (χ3n) is 3.31. The molecular formula is C17H12N2O6S2. The number of thioether (sulfide) groups is 1. The molecule has 0 radical (unpaired) electrons. The summed E-state index contributed by atoms with van der Waals surface area (Å²) in [5.74, 6) is -1.89. The zero-order valence-electron chi connectivity index (χ0n) is 13.6. The molecule has 1 fully saturated rings. The minimum atomic E-state index is -1.11. The Labute approximate surface area is 162 Å². The second kappa shape index (κ2) is 8.06. The van der Waals surface area contributed by atoms with Gasteiger partial charge in [-0.15, -0.1) is 0 Å². The number of rotatable bonds is 6. The fourth-order valence-corrected chi connectivity index (χ4v) is 3.31. The van der Waals surface area contributed by atoms with Gasteiger partial charge in [0.1, 0.15) is 5.75 Å². The zero-order valence-corrected chi connectivity index (χ0v) is 15.2. The molecule has 0 bridgehead atoms. The number of amides is 2. The number of nitrogens with one attached hydrogen (secondary N) is 1. The van der Waals surface area contributed by atoms with Crippen LogP contribution in [0.25, 0.3) is 6.08 Å². The molecule has 0 unspecified atom stereocenters. The predicted octanol–water partition coefficient (Wildman–Crippen LogP) is 2.29. The van der Waals surface area contributed by atoms with Gasteiger partial charge < -0.3 is 14.3 Å². The fraction of sp³-hybridized carbons (Fsp3) is 0.0588. The number of hydrazine groups is 1. The van der Waals surface area contributed by atoms with Crippen LogP contribution in [0.3, 0.4) is 0 Å². The lowest BCUT2D eigenvalue weighted by Gasteiger charge is -2.14. The molecule has 1 saturated heterocycles. The normalized spacial score (nSPS) is 15.3. The van der Waals surface area contributed by atoms with Gasteiger partial charge in [-0.3, -0.25) is 15.0 Å². The highest BCUT2D eigenvalue weighted by Gasteiger charge is 2.34. The maximum absolute atomic E-state index is 12.6. The lowest BCUT2D eigenvalue weighted by molar-refractivity contribution is -0.139. The third-order valence-corrected chi connectivity index (χ3v) is 4.61. The number of hydrogen-bond acceptors (Lipinski definition) is 7. The van der Waals surface area contributed by atoms with E-state index in [1.165, 1.54) is 18.4 Å². The Morgan fingerprint density at radius 3 is 2.78 bits per heavy atom. The van der Waals surface area contributed by atoms with E-state index < -0.39 is 24.4 Å². The van der Waals surface area contributed by atoms with Crippen molar-refractivity contribution >= 4 is 52.2 Å². The molecule has 8 nitrogen and oxygen atoms in total. The van der Waals surface area contributed by atoms with Gasteiger partial charge in [-0.1, -0.05) is 30.0 Å². The van der Waals surface area contributed by atoms with Gasteiger partial charge in [0, 0.05) is 5.56 Å². The quantitative estimate of drug-likeness (QED) is 0.558. The molecule has 2 amide bonds. The van der Waals surface area contributed by atoms with Gasteiger partial charge >= 0.3 is 11.9 Å². The van der Waals surface area contributed by atoms with Crippen molar-refractivity contribution < 1.29 is 28.6 Å². The summed E-state index contributed by atoms with van der Waals surface area (Å²) >= 11 is 6.15. The number of carboxylic acids is 1. The summed E-state index contributed by atoms with van der Waals surface area (Å²) in [5, 5.41) is 9.71. The lowest BCUT2D eigenvalue weighted by atomic mass is 10.2. The molecule has 10 heteroatoms. The van der Waals surface area contributed by atoms with Crippen molar-refractivity contribution in [2.75, 3.05) is 6.61 Å². The maximum Gasteiger partial charge on any atom is 0.341 e. The molecule has 2 aromatic rings. The molecule has 0 aliphatic carbocycles. The van der Waals surface area contributed by atoms with Crippen LogP contribution in [0.4, 0.5) is 0 Å². The first-order valence-corrected chi connectivity index (χ1v) is 8.74. The van der Waals surface area contributed by atoms with Gasteiger partial charge in [0.15, 0.2) is 16.7 Å². The molecule has 27 heavy (non-hydrogen) atoms. The van der Waals surface area contributed by atoms with Crippen molar-refractivity contribution in [3.05, 3.63) is 58.9 Å². The molecule has 0 atom stereocenters. The molecule has 138 valence electrons. The average Bonchev–Trinajstić information content (AvgIpc) is 3.26. The van der Waals surface area contributed by atoms with E-state index in [1.807, 2.05) is 0 Å². The Morgan fingerprint density at radius 2 is 2.07 bits per heavy atom. The highest BCUT2D eigenvalue weighted by Crippen LogP contribution is 2.33. The number of carbonyl (C=O) groups is 3. The number of hydrogen-bond donors (Lipinski definition) is 2. The Morgan fingerprint density at radius 1 is 1.30 bits per heavy atom. The Balaban J connectivity index is 1.78. The van der Waals surface area contributed by atoms with E-state index in [2.05, 4.69) is 5.43 Å². The number of thiocarbonyl (C=S) groups is 1. The monoisotopic (exact) mass is 404 g/mol. The third kappa shape index (κ3) is 4.36. The highest BCUT2D eigenvalue weighted by atomic mass is 32.2. The first kappa shape index (κ1) is 18.7. The van der Waals surface area contributed by atoms with E-state index in [0.717, 1.165) is 16.8 Å². The van der Waals surface area contributed by atoms with E-state index in [-0.39, 0.29) is 15.0 Å². The summed E-state index contributed by atoms with van der Waals surface area (Å²) in [6.45, 7) is -0.509. The zero-order chi connectivity index (χ0) is 19.4. The van der Waals surface area contributed by atoms with Crippen LogP contribution in [0.2, 0.25) is 0 Å². The topological polar surface area (TPSA) is 109 Å². The molecule has 1 aliphatic rings. The van der Waals surface area contributed by atoms with Crippen molar-refractivity contribution in [1.29, 1.82) is 0 Å². The van der Waals surface area contributed by atoms with Gasteiger partial charge in [0.2, 0.25) is 0 Å². The number of aliphatic carboxylic acids is 1. The van der Waals surface area contributed by atoms with Crippen LogP contribution in [0.15, 0.2) is 52.0 Å². The van der Waals surface area contributed by atoms with Crippen LogP contribution in [0.1, 0.15) is 16.1 Å². The van der Waals surface area contributed by atoms with Crippen LogP contribution in [-0.4, -0.2) is 38.8 Å². The second-order valence-electron chi connectivity index (χ2n) is 5.16. The molecule has 1 aliphatic heterocycles. The van der Waals surface area contributed by atoms with Crippen molar-refractivity contribution in [2.24, 2.45) is 0 Å². The van der Waals surface area contributed by atoms with Crippen LogP contribution in [-0.2, 0) is 9.59 Å². The van der Waals surface area contributed by atoms with Crippen molar-refractivity contribution in [2.45, 2.75) is 0 Å². The van der Waals surface area contributed by atoms with E-state index in [0.29, 0.717) is 11.3 Å². The Bertz CT molecular complexity index is 939.